The molecule has 0 bridgehead atoms. The molecule has 1 saturated carbocycles. The Morgan fingerprint density at radius 1 is 1.38 bits per heavy atom. The van der Waals surface area contributed by atoms with Gasteiger partial charge in [-0.2, -0.15) is 0 Å². The van der Waals surface area contributed by atoms with Crippen molar-refractivity contribution in [3.8, 4) is 0 Å². The van der Waals surface area contributed by atoms with Gasteiger partial charge < -0.3 is 10.6 Å². The lowest BCUT2D eigenvalue weighted by Crippen LogP contribution is -2.42. The van der Waals surface area contributed by atoms with Gasteiger partial charge in [-0.1, -0.05) is 31.0 Å². The fourth-order valence-corrected chi connectivity index (χ4v) is 2.86. The monoisotopic (exact) mass is 291 g/mol. The summed E-state index contributed by atoms with van der Waals surface area (Å²) in [4.78, 5) is 24.4. The normalized spacial score (nSPS) is 16.7. The average Bonchev–Trinajstić information content (AvgIpc) is 2.85. The second kappa shape index (κ2) is 6.22. The second-order valence-electron chi connectivity index (χ2n) is 5.88. The minimum absolute atomic E-state index is 0.0421. The van der Waals surface area contributed by atoms with Crippen LogP contribution in [-0.2, 0) is 11.3 Å². The number of hydrogen-bond donors (Lipinski definition) is 1. The van der Waals surface area contributed by atoms with Crippen LogP contribution in [-0.4, -0.2) is 28.3 Å². The molecule has 0 radical (unpaired) electrons. The Morgan fingerprint density at radius 2 is 2.00 bits per heavy atom. The topological polar surface area (TPSA) is 89.5 Å². The highest BCUT2D eigenvalue weighted by Gasteiger charge is 2.32. The highest BCUT2D eigenvalue weighted by Crippen LogP contribution is 2.30. The van der Waals surface area contributed by atoms with Gasteiger partial charge in [-0.3, -0.25) is 14.9 Å². The fraction of sp³-hybridized carbons (Fsp3) is 0.533. The molecule has 0 aromatic heterocycles. The van der Waals surface area contributed by atoms with Crippen molar-refractivity contribution in [3.63, 3.8) is 0 Å². The van der Waals surface area contributed by atoms with Crippen LogP contribution in [0.5, 0.6) is 0 Å². The molecule has 1 aliphatic carbocycles. The first-order chi connectivity index (χ1) is 9.91. The Morgan fingerprint density at radius 3 is 2.62 bits per heavy atom. The number of nitrogens with zero attached hydrogens (tertiary/aromatic N) is 2. The van der Waals surface area contributed by atoms with Gasteiger partial charge in [0.1, 0.15) is 0 Å². The zero-order valence-corrected chi connectivity index (χ0v) is 12.2. The van der Waals surface area contributed by atoms with Crippen LogP contribution in [0.25, 0.3) is 0 Å². The standard InChI is InChI=1S/C15H21N3O3/c1-17(14(19)10-15(16)8-4-5-9-15)11-12-6-2-3-7-13(12)18(20)21/h2-3,6-7H,4-5,8-11,16H2,1H3. The molecule has 6 heteroatoms. The summed E-state index contributed by atoms with van der Waals surface area (Å²) in [5.74, 6) is -0.0578. The van der Waals surface area contributed by atoms with Crippen molar-refractivity contribution in [2.75, 3.05) is 7.05 Å². The molecule has 0 saturated heterocycles. The lowest BCUT2D eigenvalue weighted by atomic mass is 9.94. The zero-order chi connectivity index (χ0) is 15.5. The molecule has 2 N–H and O–H groups in total. The maximum atomic E-state index is 12.3. The van der Waals surface area contributed by atoms with E-state index >= 15 is 0 Å². The summed E-state index contributed by atoms with van der Waals surface area (Å²) in [7, 11) is 1.66. The van der Waals surface area contributed by atoms with E-state index in [0.717, 1.165) is 25.7 Å². The Hall–Kier alpha value is -1.95. The summed E-state index contributed by atoms with van der Waals surface area (Å²) in [6.07, 6.45) is 4.19. The van der Waals surface area contributed by atoms with E-state index < -0.39 is 10.5 Å². The van der Waals surface area contributed by atoms with Crippen molar-refractivity contribution in [1.82, 2.24) is 4.90 Å². The van der Waals surface area contributed by atoms with Crippen molar-refractivity contribution in [2.24, 2.45) is 5.73 Å². The SMILES string of the molecule is CN(Cc1ccccc1[N+](=O)[O-])C(=O)CC1(N)CCCC1. The van der Waals surface area contributed by atoms with Gasteiger partial charge in [0, 0.05) is 30.6 Å². The smallest absolute Gasteiger partial charge is 0.274 e. The summed E-state index contributed by atoms with van der Waals surface area (Å²) in [6, 6.07) is 6.49. The predicted octanol–water partition coefficient (Wildman–Crippen LogP) is 2.21. The fourth-order valence-electron chi connectivity index (χ4n) is 2.86. The molecule has 1 aliphatic rings. The van der Waals surface area contributed by atoms with Crippen LogP contribution in [0.4, 0.5) is 5.69 Å². The van der Waals surface area contributed by atoms with E-state index in [1.807, 2.05) is 0 Å². The number of nitro benzene ring substituents is 1. The van der Waals surface area contributed by atoms with E-state index in [1.54, 1.807) is 25.2 Å². The Labute approximate surface area is 124 Å². The summed E-state index contributed by atoms with van der Waals surface area (Å²) >= 11 is 0. The third kappa shape index (κ3) is 3.78. The quantitative estimate of drug-likeness (QED) is 0.665. The number of amides is 1. The average molecular weight is 291 g/mol. The van der Waals surface area contributed by atoms with Crippen molar-refractivity contribution < 1.29 is 9.72 Å². The number of carbonyl (C=O) groups is 1. The van der Waals surface area contributed by atoms with Gasteiger partial charge in [0.25, 0.3) is 5.69 Å². The van der Waals surface area contributed by atoms with Crippen molar-refractivity contribution in [3.05, 3.63) is 39.9 Å². The van der Waals surface area contributed by atoms with E-state index in [0.29, 0.717) is 12.0 Å². The molecule has 0 unspecified atom stereocenters. The molecule has 1 aromatic carbocycles. The van der Waals surface area contributed by atoms with Crippen LogP contribution >= 0.6 is 0 Å². The molecule has 21 heavy (non-hydrogen) atoms. The van der Waals surface area contributed by atoms with Crippen LogP contribution in [0, 0.1) is 10.1 Å². The molecule has 6 nitrogen and oxygen atoms in total. The van der Waals surface area contributed by atoms with Crippen molar-refractivity contribution >= 4 is 11.6 Å². The van der Waals surface area contributed by atoms with Gasteiger partial charge in [0.2, 0.25) is 5.91 Å². The van der Waals surface area contributed by atoms with Gasteiger partial charge in [-0.05, 0) is 12.8 Å². The molecule has 0 aliphatic heterocycles. The second-order valence-corrected chi connectivity index (χ2v) is 5.88. The number of rotatable bonds is 5. The lowest BCUT2D eigenvalue weighted by Gasteiger charge is -2.26. The number of para-hydroxylation sites is 1. The third-order valence-corrected chi connectivity index (χ3v) is 4.12. The van der Waals surface area contributed by atoms with Crippen LogP contribution in [0.1, 0.15) is 37.7 Å². The minimum Gasteiger partial charge on any atom is -0.341 e. The largest absolute Gasteiger partial charge is 0.341 e. The van der Waals surface area contributed by atoms with E-state index in [2.05, 4.69) is 0 Å². The van der Waals surface area contributed by atoms with Gasteiger partial charge in [0.05, 0.1) is 11.5 Å². The summed E-state index contributed by atoms with van der Waals surface area (Å²) < 4.78 is 0. The van der Waals surface area contributed by atoms with Crippen LogP contribution < -0.4 is 5.73 Å². The van der Waals surface area contributed by atoms with E-state index in [9.17, 15) is 14.9 Å². The number of carbonyl (C=O) groups excluding carboxylic acids is 1. The first-order valence-corrected chi connectivity index (χ1v) is 7.16. The first-order valence-electron chi connectivity index (χ1n) is 7.16. The van der Waals surface area contributed by atoms with E-state index in [-0.39, 0.29) is 18.1 Å². The number of hydrogen-bond acceptors (Lipinski definition) is 4. The summed E-state index contributed by atoms with van der Waals surface area (Å²) in [6.45, 7) is 0.228. The molecule has 0 atom stereocenters. The molecule has 0 spiro atoms. The van der Waals surface area contributed by atoms with E-state index in [4.69, 9.17) is 5.73 Å². The molecule has 1 amide bonds. The number of benzene rings is 1. The Kier molecular flexibility index (Phi) is 4.57. The maximum absolute atomic E-state index is 12.3. The minimum atomic E-state index is -0.422. The van der Waals surface area contributed by atoms with Gasteiger partial charge in [-0.15, -0.1) is 0 Å². The molecule has 114 valence electrons. The molecule has 0 heterocycles. The van der Waals surface area contributed by atoms with Crippen molar-refractivity contribution in [1.29, 1.82) is 0 Å². The van der Waals surface area contributed by atoms with E-state index in [1.165, 1.54) is 11.0 Å². The van der Waals surface area contributed by atoms with Crippen molar-refractivity contribution in [2.45, 2.75) is 44.2 Å². The zero-order valence-electron chi connectivity index (χ0n) is 12.2. The van der Waals surface area contributed by atoms with Crippen LogP contribution in [0.15, 0.2) is 24.3 Å². The maximum Gasteiger partial charge on any atom is 0.274 e. The summed E-state index contributed by atoms with van der Waals surface area (Å²) in [5, 5.41) is 11.0. The molecule has 2 rings (SSSR count). The highest BCUT2D eigenvalue weighted by molar-refractivity contribution is 5.77. The lowest BCUT2D eigenvalue weighted by molar-refractivity contribution is -0.385. The van der Waals surface area contributed by atoms with Gasteiger partial charge >= 0.3 is 0 Å². The Balaban J connectivity index is 2.02. The molecular weight excluding hydrogens is 270 g/mol. The molecule has 1 fully saturated rings. The predicted molar refractivity (Wildman–Crippen MR) is 79.6 cm³/mol. The highest BCUT2D eigenvalue weighted by atomic mass is 16.6. The molecular formula is C15H21N3O3. The number of nitrogens with two attached hydrogens (primary N) is 1. The summed E-state index contributed by atoms with van der Waals surface area (Å²) in [5.41, 5.74) is 6.40. The Bertz CT molecular complexity index is 539. The first kappa shape index (κ1) is 15.4. The number of nitro groups is 1. The van der Waals surface area contributed by atoms with Gasteiger partial charge in [0.15, 0.2) is 0 Å². The van der Waals surface area contributed by atoms with Crippen LogP contribution in [0.3, 0.4) is 0 Å². The third-order valence-electron chi connectivity index (χ3n) is 4.12. The van der Waals surface area contributed by atoms with Crippen LogP contribution in [0.2, 0.25) is 0 Å². The molecule has 1 aromatic rings. The van der Waals surface area contributed by atoms with Gasteiger partial charge in [-0.25, -0.2) is 0 Å².